The summed E-state index contributed by atoms with van der Waals surface area (Å²) >= 11 is 0. The molecule has 106 valence electrons. The molecule has 0 amide bonds. The van der Waals surface area contributed by atoms with Crippen molar-refractivity contribution in [3.05, 3.63) is 0 Å². The van der Waals surface area contributed by atoms with Gasteiger partial charge >= 0.3 is 0 Å². The maximum atomic E-state index is 3.80. The largest absolute Gasteiger partial charge is 0.312 e. The van der Waals surface area contributed by atoms with Gasteiger partial charge in [0.2, 0.25) is 0 Å². The minimum Gasteiger partial charge on any atom is -0.312 e. The van der Waals surface area contributed by atoms with E-state index < -0.39 is 0 Å². The molecule has 0 saturated carbocycles. The topological polar surface area (TPSA) is 18.5 Å². The highest BCUT2D eigenvalue weighted by atomic mass is 15.2. The number of rotatable bonds is 4. The normalized spacial score (nSPS) is 33.5. The van der Waals surface area contributed by atoms with Crippen molar-refractivity contribution < 1.29 is 0 Å². The Hall–Kier alpha value is -0.120. The zero-order valence-corrected chi connectivity index (χ0v) is 12.5. The Kier molecular flexibility index (Phi) is 5.46. The number of nitrogens with one attached hydrogen (secondary N) is 1. The Morgan fingerprint density at radius 2 is 1.89 bits per heavy atom. The van der Waals surface area contributed by atoms with E-state index in [1.54, 1.807) is 0 Å². The molecule has 0 radical (unpaired) electrons. The van der Waals surface area contributed by atoms with E-state index in [9.17, 15) is 0 Å². The first-order valence-electron chi connectivity index (χ1n) is 7.84. The summed E-state index contributed by atoms with van der Waals surface area (Å²) in [6.07, 6.45) is 6.85. The lowest BCUT2D eigenvalue weighted by atomic mass is 9.98. The fourth-order valence-corrected chi connectivity index (χ4v) is 3.30. The summed E-state index contributed by atoms with van der Waals surface area (Å²) in [5, 5.41) is 3.80. The summed E-state index contributed by atoms with van der Waals surface area (Å²) in [5.74, 6) is 0. The zero-order valence-electron chi connectivity index (χ0n) is 12.5. The molecule has 3 heteroatoms. The van der Waals surface area contributed by atoms with Crippen molar-refractivity contribution in [1.29, 1.82) is 0 Å². The van der Waals surface area contributed by atoms with Crippen LogP contribution in [0, 0.1) is 0 Å². The summed E-state index contributed by atoms with van der Waals surface area (Å²) < 4.78 is 0. The van der Waals surface area contributed by atoms with Gasteiger partial charge in [0, 0.05) is 24.7 Å². The quantitative estimate of drug-likeness (QED) is 0.826. The van der Waals surface area contributed by atoms with Crippen LogP contribution in [0.4, 0.5) is 0 Å². The van der Waals surface area contributed by atoms with Gasteiger partial charge in [0.25, 0.3) is 0 Å². The second-order valence-electron chi connectivity index (χ2n) is 6.40. The fourth-order valence-electron chi connectivity index (χ4n) is 3.30. The van der Waals surface area contributed by atoms with Crippen LogP contribution < -0.4 is 5.32 Å². The molecular weight excluding hydrogens is 222 g/mol. The second kappa shape index (κ2) is 6.88. The highest BCUT2D eigenvalue weighted by Gasteiger charge is 2.23. The van der Waals surface area contributed by atoms with E-state index in [1.165, 1.54) is 58.3 Å². The molecule has 0 aromatic rings. The van der Waals surface area contributed by atoms with Gasteiger partial charge in [0.15, 0.2) is 0 Å². The first kappa shape index (κ1) is 14.3. The smallest absolute Gasteiger partial charge is 0.0192 e. The van der Waals surface area contributed by atoms with Gasteiger partial charge < -0.3 is 10.2 Å². The van der Waals surface area contributed by atoms with E-state index in [2.05, 4.69) is 36.0 Å². The van der Waals surface area contributed by atoms with Crippen molar-refractivity contribution in [3.8, 4) is 0 Å². The minimum atomic E-state index is 0.709. The maximum Gasteiger partial charge on any atom is 0.0192 e. The predicted molar refractivity (Wildman–Crippen MR) is 78.0 cm³/mol. The van der Waals surface area contributed by atoms with E-state index in [0.29, 0.717) is 6.04 Å². The van der Waals surface area contributed by atoms with Gasteiger partial charge in [-0.1, -0.05) is 6.42 Å². The van der Waals surface area contributed by atoms with Crippen LogP contribution in [-0.4, -0.2) is 61.2 Å². The van der Waals surface area contributed by atoms with Crippen LogP contribution in [-0.2, 0) is 0 Å². The third kappa shape index (κ3) is 3.94. The second-order valence-corrected chi connectivity index (χ2v) is 6.40. The standard InChI is InChI=1S/C15H31N3/c1-13-11-15(7-10-17(13)3)16-12-14(2)18-8-5-4-6-9-18/h13-16H,4-12H2,1-3H3. The summed E-state index contributed by atoms with van der Waals surface area (Å²) in [6.45, 7) is 9.77. The van der Waals surface area contributed by atoms with Crippen LogP contribution in [0.1, 0.15) is 46.0 Å². The van der Waals surface area contributed by atoms with Crippen LogP contribution in [0.15, 0.2) is 0 Å². The molecule has 0 aliphatic carbocycles. The van der Waals surface area contributed by atoms with Crippen LogP contribution in [0.5, 0.6) is 0 Å². The van der Waals surface area contributed by atoms with Crippen molar-refractivity contribution in [3.63, 3.8) is 0 Å². The average molecular weight is 253 g/mol. The lowest BCUT2D eigenvalue weighted by Crippen LogP contribution is -2.50. The highest BCUT2D eigenvalue weighted by molar-refractivity contribution is 4.83. The number of nitrogens with zero attached hydrogens (tertiary/aromatic N) is 2. The summed E-state index contributed by atoms with van der Waals surface area (Å²) in [5.41, 5.74) is 0. The molecule has 2 heterocycles. The first-order valence-corrected chi connectivity index (χ1v) is 7.84. The van der Waals surface area contributed by atoms with Crippen LogP contribution >= 0.6 is 0 Å². The monoisotopic (exact) mass is 253 g/mol. The minimum absolute atomic E-state index is 0.709. The number of piperidine rings is 2. The van der Waals surface area contributed by atoms with Gasteiger partial charge in [0.05, 0.1) is 0 Å². The number of hydrogen-bond acceptors (Lipinski definition) is 3. The molecule has 2 rings (SSSR count). The van der Waals surface area contributed by atoms with Crippen LogP contribution in [0.3, 0.4) is 0 Å². The fraction of sp³-hybridized carbons (Fsp3) is 1.00. The number of likely N-dealkylation sites (tertiary alicyclic amines) is 2. The van der Waals surface area contributed by atoms with Crippen molar-refractivity contribution in [2.75, 3.05) is 33.2 Å². The van der Waals surface area contributed by atoms with E-state index >= 15 is 0 Å². The molecule has 0 aromatic heterocycles. The Balaban J connectivity index is 1.67. The molecule has 2 aliphatic rings. The molecule has 2 fully saturated rings. The summed E-state index contributed by atoms with van der Waals surface area (Å²) in [6, 6.07) is 2.19. The molecule has 1 N–H and O–H groups in total. The molecule has 3 unspecified atom stereocenters. The lowest BCUT2D eigenvalue weighted by Gasteiger charge is -2.37. The zero-order chi connectivity index (χ0) is 13.0. The molecule has 18 heavy (non-hydrogen) atoms. The molecular formula is C15H31N3. The van der Waals surface area contributed by atoms with Crippen molar-refractivity contribution in [2.24, 2.45) is 0 Å². The summed E-state index contributed by atoms with van der Waals surface area (Å²) in [4.78, 5) is 5.14. The van der Waals surface area contributed by atoms with E-state index in [1.807, 2.05) is 0 Å². The van der Waals surface area contributed by atoms with E-state index in [4.69, 9.17) is 0 Å². The Labute approximate surface area is 113 Å². The SMILES string of the molecule is CC1CC(NCC(C)N2CCCCC2)CCN1C. The van der Waals surface area contributed by atoms with Crippen molar-refractivity contribution in [1.82, 2.24) is 15.1 Å². The predicted octanol–water partition coefficient (Wildman–Crippen LogP) is 1.93. The molecule has 2 aliphatic heterocycles. The highest BCUT2D eigenvalue weighted by Crippen LogP contribution is 2.16. The number of hydrogen-bond donors (Lipinski definition) is 1. The lowest BCUT2D eigenvalue weighted by molar-refractivity contribution is 0.144. The van der Waals surface area contributed by atoms with Crippen molar-refractivity contribution in [2.45, 2.75) is 64.1 Å². The third-order valence-electron chi connectivity index (χ3n) is 4.92. The van der Waals surface area contributed by atoms with Crippen molar-refractivity contribution >= 4 is 0 Å². The molecule has 0 aromatic carbocycles. The van der Waals surface area contributed by atoms with Gasteiger partial charge in [0.1, 0.15) is 0 Å². The van der Waals surface area contributed by atoms with E-state index in [0.717, 1.165) is 12.1 Å². The summed E-state index contributed by atoms with van der Waals surface area (Å²) in [7, 11) is 2.25. The van der Waals surface area contributed by atoms with Crippen LogP contribution in [0.25, 0.3) is 0 Å². The van der Waals surface area contributed by atoms with E-state index in [-0.39, 0.29) is 0 Å². The Morgan fingerprint density at radius 3 is 2.56 bits per heavy atom. The van der Waals surface area contributed by atoms with Gasteiger partial charge in [-0.25, -0.2) is 0 Å². The molecule has 3 atom stereocenters. The van der Waals surface area contributed by atoms with Crippen LogP contribution in [0.2, 0.25) is 0 Å². The molecule has 2 saturated heterocycles. The first-order chi connectivity index (χ1) is 8.66. The molecule has 3 nitrogen and oxygen atoms in total. The Morgan fingerprint density at radius 1 is 1.17 bits per heavy atom. The van der Waals surface area contributed by atoms with Gasteiger partial charge in [-0.05, 0) is 66.2 Å². The average Bonchev–Trinajstić information content (AvgIpc) is 2.41. The third-order valence-corrected chi connectivity index (χ3v) is 4.92. The van der Waals surface area contributed by atoms with Gasteiger partial charge in [-0.15, -0.1) is 0 Å². The van der Waals surface area contributed by atoms with Gasteiger partial charge in [-0.3, -0.25) is 4.90 Å². The Bertz CT molecular complexity index is 236. The maximum absolute atomic E-state index is 3.80. The van der Waals surface area contributed by atoms with Gasteiger partial charge in [-0.2, -0.15) is 0 Å². The molecule has 0 spiro atoms. The molecule has 0 bridgehead atoms.